The van der Waals surface area contributed by atoms with Gasteiger partial charge in [0.2, 0.25) is 0 Å². The van der Waals surface area contributed by atoms with Crippen LogP contribution in [-0.2, 0) is 37.4 Å². The summed E-state index contributed by atoms with van der Waals surface area (Å²) in [7, 11) is -5.02. The van der Waals surface area contributed by atoms with Crippen LogP contribution in [0.4, 0.5) is 0 Å². The summed E-state index contributed by atoms with van der Waals surface area (Å²) in [4.78, 5) is 25.1. The predicted molar refractivity (Wildman–Crippen MR) is 106 cm³/mol. The maximum atomic E-state index is 12.5. The van der Waals surface area contributed by atoms with Crippen molar-refractivity contribution in [2.24, 2.45) is 5.73 Å². The molecular formula is C19H35NO9P-. The summed E-state index contributed by atoms with van der Waals surface area (Å²) < 4.78 is 45.2. The van der Waals surface area contributed by atoms with Gasteiger partial charge in [-0.25, -0.2) is 4.79 Å². The second-order valence-corrected chi connectivity index (χ2v) is 9.86. The first-order valence-electron chi connectivity index (χ1n) is 10.4. The van der Waals surface area contributed by atoms with Crippen molar-refractivity contribution in [3.05, 3.63) is 0 Å². The van der Waals surface area contributed by atoms with Gasteiger partial charge in [-0.05, 0) is 41.5 Å². The summed E-state index contributed by atoms with van der Waals surface area (Å²) in [5, 5.41) is 0. The normalized spacial score (nSPS) is 36.4. The van der Waals surface area contributed by atoms with E-state index in [0.29, 0.717) is 6.42 Å². The van der Waals surface area contributed by atoms with Gasteiger partial charge in [0.15, 0.2) is 6.10 Å². The minimum absolute atomic E-state index is 0.0176. The Hall–Kier alpha value is -0.580. The maximum Gasteiger partial charge on any atom is 0.343 e. The molecule has 0 aromatic heterocycles. The molecule has 10 nitrogen and oxygen atoms in total. The van der Waals surface area contributed by atoms with Crippen LogP contribution in [-0.4, -0.2) is 67.4 Å². The molecule has 2 aliphatic heterocycles. The van der Waals surface area contributed by atoms with E-state index in [-0.39, 0.29) is 44.0 Å². The Morgan fingerprint density at radius 2 is 1.87 bits per heavy atom. The number of carbonyl (C=O) groups is 1. The molecule has 0 spiro atoms. The molecule has 0 aromatic rings. The highest BCUT2D eigenvalue weighted by molar-refractivity contribution is 7.46. The number of hydrogen-bond acceptors (Lipinski definition) is 10. The van der Waals surface area contributed by atoms with Crippen LogP contribution >= 0.6 is 7.82 Å². The molecule has 0 bridgehead atoms. The zero-order valence-corrected chi connectivity index (χ0v) is 19.5. The average Bonchev–Trinajstić information content (AvgIpc) is 3.11. The third-order valence-corrected chi connectivity index (χ3v) is 5.91. The molecule has 0 aromatic carbocycles. The first kappa shape index (κ1) is 25.7. The highest BCUT2D eigenvalue weighted by Crippen LogP contribution is 2.47. The Kier molecular flexibility index (Phi) is 8.87. The lowest BCUT2D eigenvalue weighted by Crippen LogP contribution is -2.52. The molecule has 11 heteroatoms. The smallest absolute Gasteiger partial charge is 0.343 e. The van der Waals surface area contributed by atoms with Crippen LogP contribution in [0.5, 0.6) is 0 Å². The molecule has 2 heterocycles. The number of phosphoric ester groups is 1. The van der Waals surface area contributed by atoms with Crippen molar-refractivity contribution < 1.29 is 42.2 Å². The second-order valence-electron chi connectivity index (χ2n) is 8.57. The third kappa shape index (κ3) is 6.71. The molecule has 2 N–H and O–H groups in total. The number of hydrogen-bond donors (Lipinski definition) is 1. The molecule has 7 unspecified atom stereocenters. The molecule has 176 valence electrons. The Morgan fingerprint density at radius 3 is 2.43 bits per heavy atom. The minimum Gasteiger partial charge on any atom is -0.746 e. The third-order valence-electron chi connectivity index (χ3n) is 4.99. The van der Waals surface area contributed by atoms with E-state index in [9.17, 15) is 14.3 Å². The molecule has 0 amide bonds. The first-order chi connectivity index (χ1) is 13.9. The topological polar surface area (TPSA) is 139 Å². The van der Waals surface area contributed by atoms with Crippen molar-refractivity contribution in [1.82, 2.24) is 0 Å². The van der Waals surface area contributed by atoms with Crippen molar-refractivity contribution in [3.63, 3.8) is 0 Å². The Balaban J connectivity index is 2.07. The summed E-state index contributed by atoms with van der Waals surface area (Å²) in [5.74, 6) is -1.06. The van der Waals surface area contributed by atoms with E-state index in [2.05, 4.69) is 0 Å². The number of nitrogens with two attached hydrogens (primary N) is 1. The van der Waals surface area contributed by atoms with Gasteiger partial charge >= 0.3 is 13.8 Å². The number of phosphoric acid groups is 1. The van der Waals surface area contributed by atoms with Crippen LogP contribution in [0.2, 0.25) is 0 Å². The van der Waals surface area contributed by atoms with E-state index in [1.165, 1.54) is 0 Å². The highest BCUT2D eigenvalue weighted by Gasteiger charge is 2.50. The fourth-order valence-corrected chi connectivity index (χ4v) is 4.68. The molecule has 0 radical (unpaired) electrons. The van der Waals surface area contributed by atoms with Gasteiger partial charge in [-0.3, -0.25) is 4.57 Å². The van der Waals surface area contributed by atoms with Gasteiger partial charge in [-0.2, -0.15) is 0 Å². The van der Waals surface area contributed by atoms with Crippen molar-refractivity contribution in [2.75, 3.05) is 13.2 Å². The van der Waals surface area contributed by atoms with Crippen LogP contribution < -0.4 is 10.6 Å². The van der Waals surface area contributed by atoms with Gasteiger partial charge in [-0.1, -0.05) is 0 Å². The van der Waals surface area contributed by atoms with E-state index in [4.69, 9.17) is 33.7 Å². The SMILES string of the molecule is CC(C)OCC1(CN)OC(C)CC1OP(=O)([O-])OC(=O)C1OC(C)CC1OC(C)C. The summed E-state index contributed by atoms with van der Waals surface area (Å²) >= 11 is 0. The van der Waals surface area contributed by atoms with Crippen LogP contribution in [0.1, 0.15) is 54.4 Å². The average molecular weight is 452 g/mol. The molecule has 30 heavy (non-hydrogen) atoms. The molecule has 7 atom stereocenters. The molecule has 2 saturated heterocycles. The minimum atomic E-state index is -5.02. The maximum absolute atomic E-state index is 12.5. The van der Waals surface area contributed by atoms with Crippen molar-refractivity contribution >= 4 is 13.8 Å². The van der Waals surface area contributed by atoms with Crippen molar-refractivity contribution in [1.29, 1.82) is 0 Å². The molecule has 0 aliphatic carbocycles. The van der Waals surface area contributed by atoms with Crippen LogP contribution in [0.25, 0.3) is 0 Å². The van der Waals surface area contributed by atoms with E-state index in [1.807, 2.05) is 27.7 Å². The van der Waals surface area contributed by atoms with Gasteiger partial charge < -0.3 is 38.6 Å². The summed E-state index contributed by atoms with van der Waals surface area (Å²) in [6, 6.07) is 0. The number of carbonyl (C=O) groups excluding carboxylic acids is 1. The second kappa shape index (κ2) is 10.4. The van der Waals surface area contributed by atoms with Crippen LogP contribution in [0.3, 0.4) is 0 Å². The molecular weight excluding hydrogens is 417 g/mol. The fraction of sp³-hybridized carbons (Fsp3) is 0.947. The molecule has 0 saturated carbocycles. The standard InChI is InChI=1S/C19H36NO9P/c1-11(2)24-10-19(9-20)16(8-14(6)27-19)28-30(22,23)29-18(21)17-15(25-12(3)4)7-13(5)26-17/h11-17H,7-10,20H2,1-6H3,(H,22,23)/p-1. The van der Waals surface area contributed by atoms with Gasteiger partial charge in [0.1, 0.15) is 11.7 Å². The first-order valence-corrected chi connectivity index (χ1v) is 11.9. The monoisotopic (exact) mass is 452 g/mol. The molecule has 2 rings (SSSR count). The van der Waals surface area contributed by atoms with Crippen molar-refractivity contribution in [2.45, 2.75) is 103 Å². The zero-order chi connectivity index (χ0) is 22.7. The quantitative estimate of drug-likeness (QED) is 0.482. The lowest BCUT2D eigenvalue weighted by molar-refractivity contribution is -0.236. The largest absolute Gasteiger partial charge is 0.746 e. The summed E-state index contributed by atoms with van der Waals surface area (Å²) in [5.41, 5.74) is 4.73. The van der Waals surface area contributed by atoms with Gasteiger partial charge in [0, 0.05) is 19.4 Å². The van der Waals surface area contributed by atoms with E-state index in [1.54, 1.807) is 13.8 Å². The van der Waals surface area contributed by atoms with Gasteiger partial charge in [0.25, 0.3) is 0 Å². The fourth-order valence-electron chi connectivity index (χ4n) is 3.72. The van der Waals surface area contributed by atoms with Crippen LogP contribution in [0.15, 0.2) is 0 Å². The lowest BCUT2D eigenvalue weighted by Gasteiger charge is -2.36. The zero-order valence-electron chi connectivity index (χ0n) is 18.6. The lowest BCUT2D eigenvalue weighted by atomic mass is 9.97. The van der Waals surface area contributed by atoms with Crippen molar-refractivity contribution in [3.8, 4) is 0 Å². The highest BCUT2D eigenvalue weighted by atomic mass is 31.2. The predicted octanol–water partition coefficient (Wildman–Crippen LogP) is 1.29. The Bertz CT molecular complexity index is 631. The van der Waals surface area contributed by atoms with Crippen LogP contribution in [0, 0.1) is 0 Å². The summed E-state index contributed by atoms with van der Waals surface area (Å²) in [6.45, 7) is 10.9. The van der Waals surface area contributed by atoms with Gasteiger partial charge in [0.05, 0.1) is 37.1 Å². The van der Waals surface area contributed by atoms with E-state index >= 15 is 0 Å². The Labute approximate surface area is 178 Å². The summed E-state index contributed by atoms with van der Waals surface area (Å²) in [6.07, 6.45) is -2.79. The number of ether oxygens (including phenoxy) is 4. The van der Waals surface area contributed by atoms with Gasteiger partial charge in [-0.15, -0.1) is 0 Å². The van der Waals surface area contributed by atoms with E-state index in [0.717, 1.165) is 0 Å². The number of rotatable bonds is 10. The van der Waals surface area contributed by atoms with E-state index < -0.39 is 37.7 Å². The molecule has 2 aliphatic rings. The Morgan fingerprint density at radius 1 is 1.20 bits per heavy atom. The molecule has 2 fully saturated rings.